The van der Waals surface area contributed by atoms with Crippen molar-refractivity contribution in [3.8, 4) is 5.75 Å². The maximum absolute atomic E-state index is 11.4. The van der Waals surface area contributed by atoms with Gasteiger partial charge in [-0.3, -0.25) is 9.78 Å². The van der Waals surface area contributed by atoms with Crippen LogP contribution in [0.25, 0.3) is 0 Å². The van der Waals surface area contributed by atoms with Crippen LogP contribution in [0.2, 0.25) is 5.15 Å². The van der Waals surface area contributed by atoms with Crippen molar-refractivity contribution < 1.29 is 9.53 Å². The molecule has 0 unspecified atom stereocenters. The number of anilines is 2. The molecule has 3 heterocycles. The van der Waals surface area contributed by atoms with E-state index in [4.69, 9.17) is 27.8 Å². The summed E-state index contributed by atoms with van der Waals surface area (Å²) in [6, 6.07) is 0. The van der Waals surface area contributed by atoms with E-state index in [0.29, 0.717) is 24.5 Å². The zero-order chi connectivity index (χ0) is 19.0. The minimum absolute atomic E-state index is 0.0876. The van der Waals surface area contributed by atoms with Crippen LogP contribution in [0, 0.1) is 13.8 Å². The second kappa shape index (κ2) is 6.95. The number of carbonyl (C=O) groups excluding carboxylic acids is 1. The van der Waals surface area contributed by atoms with E-state index in [0.717, 1.165) is 22.6 Å². The number of nitrogens with two attached hydrogens (primary N) is 2. The number of hydrogen-bond donors (Lipinski definition) is 2. The average Bonchev–Trinajstić information content (AvgIpc) is 2.87. The molecule has 9 heteroatoms. The summed E-state index contributed by atoms with van der Waals surface area (Å²) in [7, 11) is 1.64. The highest BCUT2D eigenvalue weighted by atomic mass is 35.5. The first kappa shape index (κ1) is 18.2. The molecular formula is C17H21ClN6O2. The molecule has 0 aromatic carbocycles. The molecule has 1 atom stereocenters. The molecule has 1 amide bonds. The first-order valence-corrected chi connectivity index (χ1v) is 8.54. The molecule has 0 bridgehead atoms. The Balaban J connectivity index is 1.99. The van der Waals surface area contributed by atoms with Gasteiger partial charge in [-0.25, -0.2) is 4.98 Å². The number of pyridine rings is 1. The van der Waals surface area contributed by atoms with Crippen molar-refractivity contribution in [2.24, 2.45) is 5.73 Å². The summed E-state index contributed by atoms with van der Waals surface area (Å²) in [6.45, 7) is 4.93. The van der Waals surface area contributed by atoms with Crippen molar-refractivity contribution in [1.82, 2.24) is 15.0 Å². The molecule has 0 aliphatic carbocycles. The number of halogens is 1. The summed E-state index contributed by atoms with van der Waals surface area (Å²) in [4.78, 5) is 26.3. The highest BCUT2D eigenvalue weighted by Gasteiger charge is 2.35. The Morgan fingerprint density at radius 3 is 2.81 bits per heavy atom. The zero-order valence-corrected chi connectivity index (χ0v) is 15.7. The number of ether oxygens (including phenoxy) is 1. The zero-order valence-electron chi connectivity index (χ0n) is 14.9. The van der Waals surface area contributed by atoms with Gasteiger partial charge < -0.3 is 21.1 Å². The smallest absolute Gasteiger partial charge is 0.223 e. The van der Waals surface area contributed by atoms with Gasteiger partial charge in [0.05, 0.1) is 19.3 Å². The van der Waals surface area contributed by atoms with Crippen molar-refractivity contribution in [1.29, 1.82) is 0 Å². The van der Waals surface area contributed by atoms with Crippen LogP contribution >= 0.6 is 11.6 Å². The number of aryl methyl sites for hydroxylation is 1. The van der Waals surface area contributed by atoms with Gasteiger partial charge in [0.15, 0.2) is 0 Å². The molecular weight excluding hydrogens is 356 g/mol. The number of methoxy groups -OCH3 is 1. The van der Waals surface area contributed by atoms with Crippen LogP contribution in [0.15, 0.2) is 6.20 Å². The van der Waals surface area contributed by atoms with Crippen molar-refractivity contribution in [2.45, 2.75) is 32.7 Å². The number of nitrogens with zero attached hydrogens (tertiary/aromatic N) is 4. The Bertz CT molecular complexity index is 873. The fourth-order valence-corrected chi connectivity index (χ4v) is 3.77. The van der Waals surface area contributed by atoms with Crippen LogP contribution in [-0.4, -0.2) is 34.5 Å². The molecule has 0 radical (unpaired) electrons. The summed E-state index contributed by atoms with van der Waals surface area (Å²) < 4.78 is 5.48. The van der Waals surface area contributed by atoms with Crippen molar-refractivity contribution >= 4 is 29.3 Å². The number of amides is 1. The fourth-order valence-electron chi connectivity index (χ4n) is 3.44. The van der Waals surface area contributed by atoms with Gasteiger partial charge in [0.1, 0.15) is 16.7 Å². The normalized spacial score (nSPS) is 15.8. The van der Waals surface area contributed by atoms with Gasteiger partial charge in [-0.2, -0.15) is 4.98 Å². The Kier molecular flexibility index (Phi) is 4.86. The third-order valence-corrected chi connectivity index (χ3v) is 4.87. The standard InChI is InChI=1S/C17H21ClN6O2/c1-8-5-21-11(9(2)14(8)26-3)7-24-6-10(4-12(19)25)13-15(18)22-17(20)23-16(13)24/h5,10H,4,6-7H2,1-3H3,(H2,19,25)(H2,20,22,23)/t10-/m0/s1. The van der Waals surface area contributed by atoms with Crippen LogP contribution in [0.5, 0.6) is 5.75 Å². The highest BCUT2D eigenvalue weighted by Crippen LogP contribution is 2.41. The molecule has 0 spiro atoms. The highest BCUT2D eigenvalue weighted by molar-refractivity contribution is 6.30. The fraction of sp³-hybridized carbons (Fsp3) is 0.412. The van der Waals surface area contributed by atoms with Crippen molar-refractivity contribution in [2.75, 3.05) is 24.3 Å². The van der Waals surface area contributed by atoms with E-state index in [1.165, 1.54) is 0 Å². The number of primary amides is 1. The Morgan fingerprint density at radius 1 is 1.42 bits per heavy atom. The number of nitrogen functional groups attached to an aromatic ring is 1. The summed E-state index contributed by atoms with van der Waals surface area (Å²) in [5, 5.41) is 0.257. The van der Waals surface area contributed by atoms with Gasteiger partial charge in [0.2, 0.25) is 11.9 Å². The first-order chi connectivity index (χ1) is 12.3. The lowest BCUT2D eigenvalue weighted by Gasteiger charge is -2.21. The molecule has 4 N–H and O–H groups in total. The summed E-state index contributed by atoms with van der Waals surface area (Å²) in [6.07, 6.45) is 1.94. The Hall–Kier alpha value is -2.61. The minimum atomic E-state index is -0.401. The molecule has 8 nitrogen and oxygen atoms in total. The molecule has 0 saturated carbocycles. The Morgan fingerprint density at radius 2 is 2.15 bits per heavy atom. The number of fused-ring (bicyclic) bond motifs is 1. The minimum Gasteiger partial charge on any atom is -0.496 e. The maximum atomic E-state index is 11.4. The SMILES string of the molecule is COc1c(C)cnc(CN2C[C@H](CC(N)=O)c3c(Cl)nc(N)nc32)c1C. The van der Waals surface area contributed by atoms with Gasteiger partial charge in [0, 0.05) is 41.8 Å². The molecule has 26 heavy (non-hydrogen) atoms. The second-order valence-corrected chi connectivity index (χ2v) is 6.76. The van der Waals surface area contributed by atoms with Crippen LogP contribution in [0.1, 0.15) is 34.7 Å². The predicted octanol–water partition coefficient (Wildman–Crippen LogP) is 1.71. The lowest BCUT2D eigenvalue weighted by Crippen LogP contribution is -2.25. The number of carbonyl (C=O) groups is 1. The molecule has 0 saturated heterocycles. The van der Waals surface area contributed by atoms with Gasteiger partial charge in [-0.15, -0.1) is 0 Å². The van der Waals surface area contributed by atoms with E-state index < -0.39 is 5.91 Å². The molecule has 0 fully saturated rings. The topological polar surface area (TPSA) is 120 Å². The van der Waals surface area contributed by atoms with Gasteiger partial charge in [-0.05, 0) is 13.8 Å². The lowest BCUT2D eigenvalue weighted by molar-refractivity contribution is -0.118. The second-order valence-electron chi connectivity index (χ2n) is 6.40. The monoisotopic (exact) mass is 376 g/mol. The third-order valence-electron chi connectivity index (χ3n) is 4.58. The van der Waals surface area contributed by atoms with E-state index in [2.05, 4.69) is 15.0 Å². The number of aromatic nitrogens is 3. The van der Waals surface area contributed by atoms with Gasteiger partial charge >= 0.3 is 0 Å². The van der Waals surface area contributed by atoms with E-state index in [1.807, 2.05) is 18.7 Å². The predicted molar refractivity (Wildman–Crippen MR) is 99.3 cm³/mol. The molecule has 138 valence electrons. The van der Waals surface area contributed by atoms with Crippen molar-refractivity contribution in [3.63, 3.8) is 0 Å². The van der Waals surface area contributed by atoms with E-state index in [1.54, 1.807) is 13.3 Å². The van der Waals surface area contributed by atoms with Gasteiger partial charge in [0.25, 0.3) is 0 Å². The van der Waals surface area contributed by atoms with Crippen LogP contribution in [0.4, 0.5) is 11.8 Å². The molecule has 1 aliphatic heterocycles. The summed E-state index contributed by atoms with van der Waals surface area (Å²) in [5.41, 5.74) is 14.6. The average molecular weight is 377 g/mol. The van der Waals surface area contributed by atoms with Crippen LogP contribution < -0.4 is 21.1 Å². The van der Waals surface area contributed by atoms with E-state index in [-0.39, 0.29) is 23.4 Å². The molecule has 2 aromatic rings. The quantitative estimate of drug-likeness (QED) is 0.762. The molecule has 2 aromatic heterocycles. The maximum Gasteiger partial charge on any atom is 0.223 e. The van der Waals surface area contributed by atoms with Gasteiger partial charge in [-0.1, -0.05) is 11.6 Å². The summed E-state index contributed by atoms with van der Waals surface area (Å²) >= 11 is 6.28. The summed E-state index contributed by atoms with van der Waals surface area (Å²) in [5.74, 6) is 0.938. The van der Waals surface area contributed by atoms with Crippen molar-refractivity contribution in [3.05, 3.63) is 33.7 Å². The lowest BCUT2D eigenvalue weighted by atomic mass is 10.0. The first-order valence-electron chi connectivity index (χ1n) is 8.17. The number of rotatable bonds is 5. The van der Waals surface area contributed by atoms with Crippen LogP contribution in [-0.2, 0) is 11.3 Å². The molecule has 3 rings (SSSR count). The van der Waals surface area contributed by atoms with Crippen LogP contribution in [0.3, 0.4) is 0 Å². The third kappa shape index (κ3) is 3.24. The largest absolute Gasteiger partial charge is 0.496 e. The van der Waals surface area contributed by atoms with E-state index >= 15 is 0 Å². The van der Waals surface area contributed by atoms with E-state index in [9.17, 15) is 4.79 Å². The Labute approximate surface area is 156 Å². The molecule has 1 aliphatic rings. The number of hydrogen-bond acceptors (Lipinski definition) is 7.